The number of aryl methyl sites for hydroxylation is 2. The Morgan fingerprint density at radius 1 is 0.683 bits per heavy atom. The first-order valence-electron chi connectivity index (χ1n) is 16.8. The Kier molecular flexibility index (Phi) is 13.5. The van der Waals surface area contributed by atoms with E-state index in [4.69, 9.17) is 0 Å². The highest BCUT2D eigenvalue weighted by Crippen LogP contribution is 2.43. The van der Waals surface area contributed by atoms with Gasteiger partial charge in [0.2, 0.25) is 0 Å². The third-order valence-corrected chi connectivity index (χ3v) is 9.60. The molecule has 0 spiro atoms. The summed E-state index contributed by atoms with van der Waals surface area (Å²) in [5.74, 6) is 0.705. The van der Waals surface area contributed by atoms with Crippen LogP contribution in [-0.2, 0) is 10.8 Å². The topological polar surface area (TPSA) is 40.5 Å². The molecular weight excluding hydrogens is 520 g/mol. The number of hydrogen-bond acceptors (Lipinski definition) is 3. The van der Waals surface area contributed by atoms with Crippen molar-refractivity contribution in [2.75, 3.05) is 5.75 Å². The van der Waals surface area contributed by atoms with E-state index in [2.05, 4.69) is 67.5 Å². The molecule has 3 heteroatoms. The van der Waals surface area contributed by atoms with Crippen molar-refractivity contribution in [3.8, 4) is 11.5 Å². The first-order valence-corrected chi connectivity index (χ1v) is 17.4. The van der Waals surface area contributed by atoms with Gasteiger partial charge < -0.3 is 10.2 Å². The van der Waals surface area contributed by atoms with Crippen LogP contribution in [-0.4, -0.2) is 21.2 Å². The largest absolute Gasteiger partial charge is 0.508 e. The smallest absolute Gasteiger partial charge is 0.119 e. The molecule has 0 heterocycles. The van der Waals surface area contributed by atoms with Gasteiger partial charge in [0, 0.05) is 12.5 Å². The van der Waals surface area contributed by atoms with E-state index in [1.165, 1.54) is 64.2 Å². The fourth-order valence-corrected chi connectivity index (χ4v) is 6.88. The molecule has 0 amide bonds. The van der Waals surface area contributed by atoms with Crippen molar-refractivity contribution in [1.29, 1.82) is 0 Å². The minimum Gasteiger partial charge on any atom is -0.508 e. The molecule has 2 rings (SSSR count). The van der Waals surface area contributed by atoms with Gasteiger partial charge in [-0.3, -0.25) is 0 Å². The Balaban J connectivity index is 2.29. The summed E-state index contributed by atoms with van der Waals surface area (Å²) in [5.41, 5.74) is 5.03. The third-order valence-electron chi connectivity index (χ3n) is 8.34. The molecule has 1 unspecified atom stereocenters. The second kappa shape index (κ2) is 16.3. The zero-order chi connectivity index (χ0) is 31.7. The second-order valence-electron chi connectivity index (χ2n) is 14.4. The molecule has 0 aromatic heterocycles. The molecule has 0 saturated carbocycles. The van der Waals surface area contributed by atoms with Gasteiger partial charge >= 0.3 is 0 Å². The Morgan fingerprint density at radius 3 is 1.46 bits per heavy atom. The molecule has 0 radical (unpaired) electrons. The van der Waals surface area contributed by atoms with Crippen LogP contribution in [0.2, 0.25) is 0 Å². The lowest BCUT2D eigenvalue weighted by Gasteiger charge is -2.30. The molecule has 0 bridgehead atoms. The number of unbranched alkanes of at least 4 members (excludes halogenated alkanes) is 9. The van der Waals surface area contributed by atoms with Gasteiger partial charge in [0.15, 0.2) is 0 Å². The zero-order valence-corrected chi connectivity index (χ0v) is 29.0. The van der Waals surface area contributed by atoms with E-state index in [0.717, 1.165) is 39.1 Å². The Bertz CT molecular complexity index is 1060. The number of phenols is 2. The number of benzene rings is 2. The molecule has 0 aliphatic rings. The van der Waals surface area contributed by atoms with E-state index < -0.39 is 5.89 Å². The molecule has 1 atom stereocenters. The van der Waals surface area contributed by atoms with Gasteiger partial charge in [-0.05, 0) is 88.8 Å². The highest BCUT2D eigenvalue weighted by molar-refractivity contribution is 7.99. The van der Waals surface area contributed by atoms with Crippen LogP contribution in [0.4, 0.5) is 0 Å². The average Bonchev–Trinajstić information content (AvgIpc) is 2.85. The van der Waals surface area contributed by atoms with Gasteiger partial charge in [0.1, 0.15) is 11.5 Å². The standard InChI is InChI=1S/C38H62O2S/c1-11-12-13-14-15-16-17-18-19-20-21-41-29(4)24-32(30-25-33(37(5,6)7)35(39)22-27(30)2)31-26-34(38(8,9)10)36(40)23-28(31)3/h22-23,25-26,29,32,39-40H,11-21,24H2,1-10H3/i32D. The van der Waals surface area contributed by atoms with Crippen molar-refractivity contribution in [2.24, 2.45) is 0 Å². The summed E-state index contributed by atoms with van der Waals surface area (Å²) in [4.78, 5) is 0. The first kappa shape index (κ1) is 33.9. The van der Waals surface area contributed by atoms with Crippen molar-refractivity contribution in [3.63, 3.8) is 0 Å². The fraction of sp³-hybridized carbons (Fsp3) is 0.684. The molecule has 41 heavy (non-hydrogen) atoms. The van der Waals surface area contributed by atoms with Crippen LogP contribution in [0, 0.1) is 13.8 Å². The SMILES string of the molecule is [2H]C(CC(C)SCCCCCCCCCCCC)(c1cc(C(C)(C)C)c(O)cc1C)c1cc(C(C)(C)C)c(O)cc1C. The Hall–Kier alpha value is -1.61. The molecular formula is C38H62O2S. The molecule has 232 valence electrons. The summed E-state index contributed by atoms with van der Waals surface area (Å²) in [6.45, 7) is 21.3. The van der Waals surface area contributed by atoms with Crippen molar-refractivity contribution in [1.82, 2.24) is 0 Å². The summed E-state index contributed by atoms with van der Waals surface area (Å²) in [6.07, 6.45) is 14.1. The van der Waals surface area contributed by atoms with Crippen LogP contribution < -0.4 is 0 Å². The highest BCUT2D eigenvalue weighted by atomic mass is 32.2. The minimum absolute atomic E-state index is 0.246. The van der Waals surface area contributed by atoms with Crippen LogP contribution in [0.15, 0.2) is 24.3 Å². The quantitative estimate of drug-likeness (QED) is 0.193. The minimum atomic E-state index is -1.01. The predicted octanol–water partition coefficient (Wildman–Crippen LogP) is 11.9. The van der Waals surface area contributed by atoms with E-state index >= 15 is 0 Å². The fourth-order valence-electron chi connectivity index (χ4n) is 5.82. The normalized spacial score (nSPS) is 13.9. The van der Waals surface area contributed by atoms with E-state index in [9.17, 15) is 11.6 Å². The van der Waals surface area contributed by atoms with Gasteiger partial charge in [0.25, 0.3) is 0 Å². The molecule has 0 aliphatic heterocycles. The summed E-state index contributed by atoms with van der Waals surface area (Å²) in [7, 11) is 0. The van der Waals surface area contributed by atoms with Crippen LogP contribution in [0.25, 0.3) is 0 Å². The van der Waals surface area contributed by atoms with Gasteiger partial charge in [0.05, 0.1) is 0 Å². The maximum absolute atomic E-state index is 10.9. The monoisotopic (exact) mass is 583 g/mol. The summed E-state index contributed by atoms with van der Waals surface area (Å²) < 4.78 is 10.2. The first-order chi connectivity index (χ1) is 19.5. The number of aromatic hydroxyl groups is 2. The molecule has 0 fully saturated rings. The van der Waals surface area contributed by atoms with Crippen molar-refractivity contribution in [2.45, 2.75) is 162 Å². The van der Waals surface area contributed by atoms with Crippen LogP contribution in [0.5, 0.6) is 11.5 Å². The average molecular weight is 584 g/mol. The number of hydrogen-bond donors (Lipinski definition) is 2. The van der Waals surface area contributed by atoms with E-state index in [-0.39, 0.29) is 10.8 Å². The lowest BCUT2D eigenvalue weighted by atomic mass is 9.76. The molecule has 0 aliphatic carbocycles. The third kappa shape index (κ3) is 11.2. The van der Waals surface area contributed by atoms with E-state index in [1.54, 1.807) is 0 Å². The molecule has 2 aromatic carbocycles. The van der Waals surface area contributed by atoms with E-state index in [0.29, 0.717) is 23.2 Å². The van der Waals surface area contributed by atoms with Crippen molar-refractivity contribution in [3.05, 3.63) is 57.6 Å². The maximum Gasteiger partial charge on any atom is 0.119 e. The van der Waals surface area contributed by atoms with Crippen LogP contribution in [0.3, 0.4) is 0 Å². The maximum atomic E-state index is 10.9. The van der Waals surface area contributed by atoms with Gasteiger partial charge in [-0.1, -0.05) is 125 Å². The number of thioether (sulfide) groups is 1. The van der Waals surface area contributed by atoms with Gasteiger partial charge in [-0.2, -0.15) is 11.8 Å². The summed E-state index contributed by atoms with van der Waals surface area (Å²) in [5, 5.41) is 22.1. The van der Waals surface area contributed by atoms with Crippen molar-refractivity contribution >= 4 is 11.8 Å². The van der Waals surface area contributed by atoms with Crippen LogP contribution >= 0.6 is 11.8 Å². The Labute approximate surface area is 259 Å². The second-order valence-corrected chi connectivity index (χ2v) is 16.0. The number of rotatable bonds is 16. The summed E-state index contributed by atoms with van der Waals surface area (Å²) >= 11 is 1.99. The molecule has 2 nitrogen and oxygen atoms in total. The van der Waals surface area contributed by atoms with Gasteiger partial charge in [-0.15, -0.1) is 0 Å². The molecule has 0 saturated heterocycles. The predicted molar refractivity (Wildman–Crippen MR) is 183 cm³/mol. The molecule has 2 N–H and O–H groups in total. The van der Waals surface area contributed by atoms with Gasteiger partial charge in [-0.25, -0.2) is 0 Å². The lowest BCUT2D eigenvalue weighted by Crippen LogP contribution is -2.17. The molecule has 2 aromatic rings. The van der Waals surface area contributed by atoms with E-state index in [1.807, 2.05) is 37.7 Å². The van der Waals surface area contributed by atoms with Crippen LogP contribution in [0.1, 0.15) is 167 Å². The van der Waals surface area contributed by atoms with Crippen molar-refractivity contribution < 1.29 is 11.6 Å². The zero-order valence-electron chi connectivity index (χ0n) is 29.2. The summed E-state index contributed by atoms with van der Waals surface area (Å²) in [6, 6.07) is 7.86. The lowest BCUT2D eigenvalue weighted by molar-refractivity contribution is 0.445. The number of phenolic OH excluding ortho intramolecular Hbond substituents is 2. The Morgan fingerprint density at radius 2 is 1.07 bits per heavy atom. The highest BCUT2D eigenvalue weighted by Gasteiger charge is 2.28.